The minimum absolute atomic E-state index is 0.129. The Morgan fingerprint density at radius 1 is 1.13 bits per heavy atom. The molecule has 3 aromatic rings. The van der Waals surface area contributed by atoms with Crippen molar-refractivity contribution in [2.24, 2.45) is 10.1 Å². The van der Waals surface area contributed by atoms with E-state index >= 15 is 0 Å². The lowest BCUT2D eigenvalue weighted by atomic mass is 10.1. The van der Waals surface area contributed by atoms with Gasteiger partial charge in [0.25, 0.3) is 5.91 Å². The Morgan fingerprint density at radius 2 is 1.90 bits per heavy atom. The summed E-state index contributed by atoms with van der Waals surface area (Å²) in [5, 5.41) is 5.63. The number of esters is 1. The Balaban J connectivity index is 1.45. The molecule has 4 rings (SSSR count). The van der Waals surface area contributed by atoms with Crippen LogP contribution in [0.1, 0.15) is 29.5 Å². The number of furan rings is 1. The van der Waals surface area contributed by atoms with Gasteiger partial charge in [-0.25, -0.2) is 9.79 Å². The third-order valence-electron chi connectivity index (χ3n) is 4.41. The fourth-order valence-electron chi connectivity index (χ4n) is 2.96. The average Bonchev–Trinajstić information content (AvgIpc) is 3.40. The number of amidine groups is 1. The van der Waals surface area contributed by atoms with Gasteiger partial charge >= 0.3 is 5.97 Å². The SMILES string of the molecule is CCOC(=O)c1ccc(-c2ccc(C=NC3=NN(c4ccccc4)C(=O)C3)o2)cc1. The maximum absolute atomic E-state index is 12.2. The van der Waals surface area contributed by atoms with Crippen molar-refractivity contribution >= 4 is 29.6 Å². The maximum atomic E-state index is 12.2. The van der Waals surface area contributed by atoms with Crippen LogP contribution in [0, 0.1) is 0 Å². The molecule has 7 heteroatoms. The van der Waals surface area contributed by atoms with Crippen molar-refractivity contribution in [3.8, 4) is 11.3 Å². The minimum Gasteiger partial charge on any atom is -0.462 e. The monoisotopic (exact) mass is 401 g/mol. The van der Waals surface area contributed by atoms with Crippen LogP contribution in [0.4, 0.5) is 5.69 Å². The predicted octanol–water partition coefficient (Wildman–Crippen LogP) is 4.29. The molecule has 0 saturated carbocycles. The molecule has 0 aliphatic carbocycles. The van der Waals surface area contributed by atoms with Gasteiger partial charge < -0.3 is 9.15 Å². The molecule has 0 fully saturated rings. The number of nitrogens with zero attached hydrogens (tertiary/aromatic N) is 3. The molecule has 0 radical (unpaired) electrons. The number of hydrogen-bond donors (Lipinski definition) is 0. The summed E-state index contributed by atoms with van der Waals surface area (Å²) in [5.74, 6) is 1.11. The van der Waals surface area contributed by atoms with E-state index in [0.717, 1.165) is 5.56 Å². The third kappa shape index (κ3) is 4.20. The number of carbonyl (C=O) groups is 2. The van der Waals surface area contributed by atoms with Gasteiger partial charge in [0, 0.05) is 5.56 Å². The highest BCUT2D eigenvalue weighted by molar-refractivity contribution is 6.14. The summed E-state index contributed by atoms with van der Waals surface area (Å²) in [6.07, 6.45) is 1.67. The van der Waals surface area contributed by atoms with Crippen LogP contribution >= 0.6 is 0 Å². The molecule has 0 unspecified atom stereocenters. The molecule has 1 aliphatic rings. The lowest BCUT2D eigenvalue weighted by Crippen LogP contribution is -2.19. The largest absolute Gasteiger partial charge is 0.462 e. The first-order valence-corrected chi connectivity index (χ1v) is 9.51. The van der Waals surface area contributed by atoms with E-state index in [1.54, 1.807) is 37.3 Å². The first-order chi connectivity index (χ1) is 14.6. The van der Waals surface area contributed by atoms with Crippen molar-refractivity contribution in [3.05, 3.63) is 78.1 Å². The molecule has 2 heterocycles. The smallest absolute Gasteiger partial charge is 0.338 e. The molecule has 1 aliphatic heterocycles. The summed E-state index contributed by atoms with van der Waals surface area (Å²) >= 11 is 0. The van der Waals surface area contributed by atoms with Gasteiger partial charge in [0.15, 0.2) is 5.84 Å². The van der Waals surface area contributed by atoms with Crippen LogP contribution in [0.5, 0.6) is 0 Å². The lowest BCUT2D eigenvalue weighted by molar-refractivity contribution is -0.116. The van der Waals surface area contributed by atoms with Crippen molar-refractivity contribution in [2.45, 2.75) is 13.3 Å². The van der Waals surface area contributed by atoms with Gasteiger partial charge in [0.2, 0.25) is 0 Å². The number of hydrazone groups is 1. The van der Waals surface area contributed by atoms with Gasteiger partial charge in [-0.2, -0.15) is 5.01 Å². The lowest BCUT2D eigenvalue weighted by Gasteiger charge is -2.10. The zero-order chi connectivity index (χ0) is 20.9. The number of carbonyl (C=O) groups excluding carboxylic acids is 2. The van der Waals surface area contributed by atoms with Gasteiger partial charge in [-0.05, 0) is 43.3 Å². The number of rotatable bonds is 5. The summed E-state index contributed by atoms with van der Waals surface area (Å²) in [6, 6.07) is 19.8. The zero-order valence-electron chi connectivity index (χ0n) is 16.3. The Hall–Kier alpha value is -4.00. The number of ether oxygens (including phenoxy) is 1. The van der Waals surface area contributed by atoms with Gasteiger partial charge in [-0.1, -0.05) is 30.3 Å². The van der Waals surface area contributed by atoms with E-state index in [-0.39, 0.29) is 18.3 Å². The number of aliphatic imine (C=N–C) groups is 1. The first kappa shape index (κ1) is 19.3. The summed E-state index contributed by atoms with van der Waals surface area (Å²) in [6.45, 7) is 2.10. The second kappa shape index (κ2) is 8.57. The summed E-state index contributed by atoms with van der Waals surface area (Å²) in [4.78, 5) is 28.2. The highest BCUT2D eigenvalue weighted by Crippen LogP contribution is 2.23. The quantitative estimate of drug-likeness (QED) is 0.471. The van der Waals surface area contributed by atoms with Crippen LogP contribution in [-0.2, 0) is 9.53 Å². The Labute approximate surface area is 173 Å². The summed E-state index contributed by atoms with van der Waals surface area (Å²) < 4.78 is 10.8. The van der Waals surface area contributed by atoms with Crippen molar-refractivity contribution in [1.82, 2.24) is 0 Å². The van der Waals surface area contributed by atoms with Crippen molar-refractivity contribution in [1.29, 1.82) is 0 Å². The van der Waals surface area contributed by atoms with Crippen LogP contribution < -0.4 is 5.01 Å². The number of anilines is 1. The molecule has 0 spiro atoms. The van der Waals surface area contributed by atoms with E-state index in [9.17, 15) is 9.59 Å². The number of amides is 1. The minimum atomic E-state index is -0.354. The number of benzene rings is 2. The Kier molecular flexibility index (Phi) is 5.52. The first-order valence-electron chi connectivity index (χ1n) is 9.51. The Morgan fingerprint density at radius 3 is 2.63 bits per heavy atom. The van der Waals surface area contributed by atoms with E-state index in [1.807, 2.05) is 36.4 Å². The van der Waals surface area contributed by atoms with Crippen molar-refractivity contribution in [3.63, 3.8) is 0 Å². The molecule has 1 amide bonds. The van der Waals surface area contributed by atoms with Gasteiger partial charge in [-0.3, -0.25) is 4.79 Å². The second-order valence-electron chi connectivity index (χ2n) is 6.49. The van der Waals surface area contributed by atoms with Crippen LogP contribution in [0.2, 0.25) is 0 Å². The normalized spacial score (nSPS) is 13.7. The summed E-state index contributed by atoms with van der Waals surface area (Å²) in [7, 11) is 0. The van der Waals surface area contributed by atoms with Gasteiger partial charge in [0.05, 0.1) is 30.5 Å². The van der Waals surface area contributed by atoms with Gasteiger partial charge in [-0.15, -0.1) is 5.10 Å². The molecule has 0 saturated heterocycles. The van der Waals surface area contributed by atoms with Crippen molar-refractivity contribution < 1.29 is 18.7 Å². The second-order valence-corrected chi connectivity index (χ2v) is 6.49. The zero-order valence-corrected chi connectivity index (χ0v) is 16.3. The highest BCUT2D eigenvalue weighted by atomic mass is 16.5. The predicted molar refractivity (Wildman–Crippen MR) is 114 cm³/mol. The molecule has 0 bridgehead atoms. The van der Waals surface area contributed by atoms with Crippen LogP contribution in [0.25, 0.3) is 11.3 Å². The standard InChI is InChI=1S/C23H19N3O4/c1-2-29-23(28)17-10-8-16(9-11-17)20-13-12-19(30-20)15-24-21-14-22(27)26(25-21)18-6-4-3-5-7-18/h3-13,15H,2,14H2,1H3. The topological polar surface area (TPSA) is 84.5 Å². The highest BCUT2D eigenvalue weighted by Gasteiger charge is 2.24. The van der Waals surface area contributed by atoms with E-state index in [2.05, 4.69) is 10.1 Å². The van der Waals surface area contributed by atoms with E-state index in [1.165, 1.54) is 11.2 Å². The van der Waals surface area contributed by atoms with Crippen molar-refractivity contribution in [2.75, 3.05) is 11.6 Å². The molecule has 7 nitrogen and oxygen atoms in total. The fourth-order valence-corrected chi connectivity index (χ4v) is 2.96. The number of hydrogen-bond acceptors (Lipinski definition) is 6. The van der Waals surface area contributed by atoms with Crippen LogP contribution in [0.15, 0.2) is 81.2 Å². The van der Waals surface area contributed by atoms with E-state index in [0.29, 0.717) is 35.2 Å². The number of para-hydroxylation sites is 1. The molecule has 0 atom stereocenters. The van der Waals surface area contributed by atoms with E-state index in [4.69, 9.17) is 9.15 Å². The molecule has 2 aromatic carbocycles. The van der Waals surface area contributed by atoms with Gasteiger partial charge in [0.1, 0.15) is 11.5 Å². The molecular weight excluding hydrogens is 382 g/mol. The molecule has 150 valence electrons. The maximum Gasteiger partial charge on any atom is 0.338 e. The molecule has 1 aromatic heterocycles. The molecule has 0 N–H and O–H groups in total. The van der Waals surface area contributed by atoms with Crippen LogP contribution in [0.3, 0.4) is 0 Å². The molecule has 30 heavy (non-hydrogen) atoms. The third-order valence-corrected chi connectivity index (χ3v) is 4.41. The van der Waals surface area contributed by atoms with Crippen LogP contribution in [-0.4, -0.2) is 30.5 Å². The summed E-state index contributed by atoms with van der Waals surface area (Å²) in [5.41, 5.74) is 2.02. The average molecular weight is 401 g/mol. The molecular formula is C23H19N3O4. The van der Waals surface area contributed by atoms with E-state index < -0.39 is 0 Å². The Bertz CT molecular complexity index is 1110. The fraction of sp³-hybridized carbons (Fsp3) is 0.130.